The molecule has 2 saturated carbocycles. The van der Waals surface area contributed by atoms with Crippen molar-refractivity contribution in [2.75, 3.05) is 11.1 Å². The lowest BCUT2D eigenvalue weighted by atomic mass is 9.75. The Morgan fingerprint density at radius 1 is 1.33 bits per heavy atom. The Balaban J connectivity index is 1.46. The standard InChI is InChI=1S/C17H27N3O2S2/c1-10(2)13-7-4-11(3)8-14(13)22-15(21)9-23-17-20-19-16(24-17)18-12-5-6-12/h10-14H,4-9H2,1-3H3,(H,18,19). The number of ether oxygens (including phenoxy) is 1. The first-order chi connectivity index (χ1) is 11.5. The Kier molecular flexibility index (Phi) is 6.02. The molecule has 1 aromatic rings. The second-order valence-electron chi connectivity index (χ2n) is 7.43. The van der Waals surface area contributed by atoms with E-state index in [9.17, 15) is 4.79 Å². The summed E-state index contributed by atoms with van der Waals surface area (Å²) in [5, 5.41) is 12.4. The minimum atomic E-state index is -0.128. The Bertz CT molecular complexity index is 560. The molecule has 0 saturated heterocycles. The number of nitrogens with one attached hydrogen (secondary N) is 1. The third-order valence-electron chi connectivity index (χ3n) is 4.87. The molecule has 1 N–H and O–H groups in total. The highest BCUT2D eigenvalue weighted by atomic mass is 32.2. The number of hydrogen-bond acceptors (Lipinski definition) is 7. The van der Waals surface area contributed by atoms with Crippen molar-refractivity contribution in [3.05, 3.63) is 0 Å². The predicted octanol–water partition coefficient (Wildman–Crippen LogP) is 4.21. The maximum absolute atomic E-state index is 12.3. The van der Waals surface area contributed by atoms with Crippen molar-refractivity contribution >= 4 is 34.2 Å². The van der Waals surface area contributed by atoms with Crippen LogP contribution in [-0.2, 0) is 9.53 Å². The van der Waals surface area contributed by atoms with Crippen LogP contribution in [0.25, 0.3) is 0 Å². The van der Waals surface area contributed by atoms with Crippen LogP contribution in [0.5, 0.6) is 0 Å². The number of rotatable bonds is 7. The van der Waals surface area contributed by atoms with E-state index in [0.717, 1.165) is 22.3 Å². The Hall–Kier alpha value is -0.820. The smallest absolute Gasteiger partial charge is 0.316 e. The third kappa shape index (κ3) is 5.09. The first-order valence-electron chi connectivity index (χ1n) is 8.93. The lowest BCUT2D eigenvalue weighted by molar-refractivity contribution is -0.152. The van der Waals surface area contributed by atoms with Crippen molar-refractivity contribution in [3.8, 4) is 0 Å². The summed E-state index contributed by atoms with van der Waals surface area (Å²) in [4.78, 5) is 12.3. The quantitative estimate of drug-likeness (QED) is 0.574. The van der Waals surface area contributed by atoms with E-state index in [1.165, 1.54) is 42.4 Å². The van der Waals surface area contributed by atoms with Crippen LogP contribution >= 0.6 is 23.1 Å². The molecule has 134 valence electrons. The number of thioether (sulfide) groups is 1. The molecule has 0 bridgehead atoms. The summed E-state index contributed by atoms with van der Waals surface area (Å²) in [6, 6.07) is 0.571. The molecule has 3 rings (SSSR count). The van der Waals surface area contributed by atoms with Gasteiger partial charge in [0.25, 0.3) is 0 Å². The van der Waals surface area contributed by atoms with Gasteiger partial charge in [-0.25, -0.2) is 0 Å². The molecule has 0 radical (unpaired) electrons. The van der Waals surface area contributed by atoms with E-state index in [-0.39, 0.29) is 12.1 Å². The average Bonchev–Trinajstić information content (AvgIpc) is 3.22. The fourth-order valence-electron chi connectivity index (χ4n) is 3.30. The molecule has 0 aromatic carbocycles. The van der Waals surface area contributed by atoms with E-state index >= 15 is 0 Å². The summed E-state index contributed by atoms with van der Waals surface area (Å²) in [6.45, 7) is 6.71. The normalized spacial score (nSPS) is 27.2. The first kappa shape index (κ1) is 18.0. The predicted molar refractivity (Wildman–Crippen MR) is 98.5 cm³/mol. The third-order valence-corrected chi connectivity index (χ3v) is 6.83. The van der Waals surface area contributed by atoms with Gasteiger partial charge in [0.15, 0.2) is 4.34 Å². The van der Waals surface area contributed by atoms with Crippen molar-refractivity contribution < 1.29 is 9.53 Å². The molecule has 2 aliphatic carbocycles. The van der Waals surface area contributed by atoms with E-state index in [0.29, 0.717) is 29.5 Å². The zero-order valence-corrected chi connectivity index (χ0v) is 16.3. The molecular weight excluding hydrogens is 342 g/mol. The number of aromatic nitrogens is 2. The van der Waals surface area contributed by atoms with Gasteiger partial charge in [-0.2, -0.15) is 0 Å². The lowest BCUT2D eigenvalue weighted by Crippen LogP contribution is -2.36. The summed E-state index contributed by atoms with van der Waals surface area (Å²) < 4.78 is 6.65. The largest absolute Gasteiger partial charge is 0.461 e. The highest BCUT2D eigenvalue weighted by Gasteiger charge is 2.33. The molecule has 3 atom stereocenters. The van der Waals surface area contributed by atoms with Gasteiger partial charge in [0, 0.05) is 6.04 Å². The van der Waals surface area contributed by atoms with E-state index < -0.39 is 0 Å². The second-order valence-corrected chi connectivity index (χ2v) is 9.63. The van der Waals surface area contributed by atoms with Gasteiger partial charge < -0.3 is 10.1 Å². The highest BCUT2D eigenvalue weighted by molar-refractivity contribution is 8.01. The maximum atomic E-state index is 12.3. The number of esters is 1. The number of hydrogen-bond donors (Lipinski definition) is 1. The van der Waals surface area contributed by atoms with Crippen molar-refractivity contribution in [3.63, 3.8) is 0 Å². The molecule has 0 amide bonds. The molecule has 24 heavy (non-hydrogen) atoms. The monoisotopic (exact) mass is 369 g/mol. The molecule has 5 nitrogen and oxygen atoms in total. The number of nitrogens with zero attached hydrogens (tertiary/aromatic N) is 2. The zero-order chi connectivity index (χ0) is 17.1. The molecule has 3 unspecified atom stereocenters. The van der Waals surface area contributed by atoms with Crippen LogP contribution in [-0.4, -0.2) is 34.1 Å². The summed E-state index contributed by atoms with van der Waals surface area (Å²) in [5.41, 5.74) is 0. The van der Waals surface area contributed by atoms with Crippen LogP contribution in [0.2, 0.25) is 0 Å². The molecule has 2 aliphatic rings. The molecule has 0 spiro atoms. The SMILES string of the molecule is CC1CCC(C(C)C)C(OC(=O)CSc2nnc(NC3CC3)s2)C1. The van der Waals surface area contributed by atoms with Crippen LogP contribution in [0.1, 0.15) is 52.9 Å². The minimum absolute atomic E-state index is 0.0726. The number of carbonyl (C=O) groups is 1. The van der Waals surface area contributed by atoms with Gasteiger partial charge in [-0.3, -0.25) is 4.79 Å². The Labute approximate surface area is 152 Å². The van der Waals surface area contributed by atoms with E-state index in [2.05, 4.69) is 36.3 Å². The topological polar surface area (TPSA) is 64.1 Å². The highest BCUT2D eigenvalue weighted by Crippen LogP contribution is 2.36. The first-order valence-corrected chi connectivity index (χ1v) is 10.7. The van der Waals surface area contributed by atoms with Gasteiger partial charge in [-0.15, -0.1) is 10.2 Å². The van der Waals surface area contributed by atoms with Crippen molar-refractivity contribution in [2.45, 2.75) is 69.4 Å². The van der Waals surface area contributed by atoms with Crippen LogP contribution < -0.4 is 5.32 Å². The second kappa shape index (κ2) is 8.04. The van der Waals surface area contributed by atoms with Gasteiger partial charge >= 0.3 is 5.97 Å². The zero-order valence-electron chi connectivity index (χ0n) is 14.7. The average molecular weight is 370 g/mol. The van der Waals surface area contributed by atoms with E-state index in [4.69, 9.17) is 4.74 Å². The molecular formula is C17H27N3O2S2. The molecule has 0 aliphatic heterocycles. The summed E-state index contributed by atoms with van der Waals surface area (Å²) in [5.74, 6) is 1.88. The van der Waals surface area contributed by atoms with Crippen molar-refractivity contribution in [2.24, 2.45) is 17.8 Å². The van der Waals surface area contributed by atoms with Gasteiger partial charge in [0.05, 0.1) is 5.75 Å². The number of carbonyl (C=O) groups excluding carboxylic acids is 1. The van der Waals surface area contributed by atoms with Gasteiger partial charge in [-0.1, -0.05) is 50.3 Å². The summed E-state index contributed by atoms with van der Waals surface area (Å²) in [6.07, 6.45) is 5.90. The molecule has 7 heteroatoms. The van der Waals surface area contributed by atoms with E-state index in [1.807, 2.05) is 0 Å². The Morgan fingerprint density at radius 3 is 2.83 bits per heavy atom. The van der Waals surface area contributed by atoms with Crippen LogP contribution in [0.3, 0.4) is 0 Å². The Morgan fingerprint density at radius 2 is 2.12 bits per heavy atom. The molecule has 1 heterocycles. The van der Waals surface area contributed by atoms with Crippen molar-refractivity contribution in [1.82, 2.24) is 10.2 Å². The fourth-order valence-corrected chi connectivity index (χ4v) is 4.91. The summed E-state index contributed by atoms with van der Waals surface area (Å²) in [7, 11) is 0. The summed E-state index contributed by atoms with van der Waals surface area (Å²) >= 11 is 2.94. The maximum Gasteiger partial charge on any atom is 0.316 e. The molecule has 1 aromatic heterocycles. The van der Waals surface area contributed by atoms with E-state index in [1.54, 1.807) is 0 Å². The van der Waals surface area contributed by atoms with Gasteiger partial charge in [0.1, 0.15) is 6.10 Å². The van der Waals surface area contributed by atoms with Gasteiger partial charge in [0.2, 0.25) is 5.13 Å². The van der Waals surface area contributed by atoms with Crippen LogP contribution in [0.15, 0.2) is 4.34 Å². The van der Waals surface area contributed by atoms with Crippen LogP contribution in [0, 0.1) is 17.8 Å². The number of anilines is 1. The lowest BCUT2D eigenvalue weighted by Gasteiger charge is -2.36. The fraction of sp³-hybridized carbons (Fsp3) is 0.824. The minimum Gasteiger partial charge on any atom is -0.461 e. The van der Waals surface area contributed by atoms with Gasteiger partial charge in [-0.05, 0) is 43.4 Å². The molecule has 2 fully saturated rings. The van der Waals surface area contributed by atoms with Crippen molar-refractivity contribution in [1.29, 1.82) is 0 Å². The van der Waals surface area contributed by atoms with Crippen LogP contribution in [0.4, 0.5) is 5.13 Å².